The topological polar surface area (TPSA) is 78.1 Å². The molecule has 0 aromatic heterocycles. The molecule has 6 N–H and O–H groups in total. The molecule has 0 spiro atoms. The van der Waals surface area contributed by atoms with Crippen molar-refractivity contribution in [3.63, 3.8) is 0 Å². The van der Waals surface area contributed by atoms with Crippen LogP contribution in [0.4, 0.5) is 0 Å². The quantitative estimate of drug-likeness (QED) is 0.246. The van der Waals surface area contributed by atoms with Gasteiger partial charge in [-0.15, -0.1) is 0 Å². The molecule has 0 aromatic rings. The number of hydrogen-bond acceptors (Lipinski definition) is 6. The summed E-state index contributed by atoms with van der Waals surface area (Å²) in [6.45, 7) is 3.48. The Bertz CT molecular complexity index is 170. The van der Waals surface area contributed by atoms with Crippen molar-refractivity contribution in [3.05, 3.63) is 12.7 Å². The van der Waals surface area contributed by atoms with Gasteiger partial charge in [0.25, 0.3) is 0 Å². The maximum absolute atomic E-state index is 4.66. The van der Waals surface area contributed by atoms with E-state index in [1.54, 1.807) is 0 Å². The Hall–Kier alpha value is 0.758. The fourth-order valence-electron chi connectivity index (χ4n) is 0. The summed E-state index contributed by atoms with van der Waals surface area (Å²) in [5, 5.41) is 0. The second kappa shape index (κ2) is 24.8. The SMILES string of the molecule is C=C[CH2][Mo+3].NC(=S)[S-].NC(=S)[S-].NC(=S)[S-]. The zero-order valence-electron chi connectivity index (χ0n) is 8.08. The van der Waals surface area contributed by atoms with Crippen molar-refractivity contribution in [2.24, 2.45) is 17.2 Å². The summed E-state index contributed by atoms with van der Waals surface area (Å²) in [5.74, 6) is 0. The summed E-state index contributed by atoms with van der Waals surface area (Å²) in [4.78, 5) is 1.09. The second-order valence-electron chi connectivity index (χ2n) is 1.41. The first kappa shape index (κ1) is 25.6. The van der Waals surface area contributed by atoms with Crippen LogP contribution in [0.15, 0.2) is 12.7 Å². The van der Waals surface area contributed by atoms with Crippen molar-refractivity contribution < 1.29 is 19.8 Å². The van der Waals surface area contributed by atoms with Crippen LogP contribution in [0.25, 0.3) is 0 Å². The van der Waals surface area contributed by atoms with Gasteiger partial charge in [-0.1, -0.05) is 13.0 Å². The molecule has 0 aromatic carbocycles. The van der Waals surface area contributed by atoms with Crippen LogP contribution in [0, 0.1) is 0 Å². The van der Waals surface area contributed by atoms with Gasteiger partial charge >= 0.3 is 37.3 Å². The van der Waals surface area contributed by atoms with E-state index in [4.69, 9.17) is 0 Å². The maximum Gasteiger partial charge on any atom is -0.0708 e. The number of hydrogen-bond donors (Lipinski definition) is 3. The first-order valence-corrected chi connectivity index (χ1v) is 7.06. The largest absolute Gasteiger partial charge is 0.415 e. The molecule has 3 nitrogen and oxygen atoms in total. The molecule has 0 unspecified atom stereocenters. The van der Waals surface area contributed by atoms with Crippen LogP contribution in [-0.4, -0.2) is 13.0 Å². The molecule has 0 saturated heterocycles. The van der Waals surface area contributed by atoms with E-state index in [0.29, 0.717) is 0 Å². The Morgan fingerprint density at radius 2 is 1.06 bits per heavy atom. The maximum atomic E-state index is 4.66. The summed E-state index contributed by atoms with van der Waals surface area (Å²) in [5.41, 5.74) is 14.0. The van der Waals surface area contributed by atoms with Crippen molar-refractivity contribution >= 4 is 87.5 Å². The van der Waals surface area contributed by atoms with Gasteiger partial charge in [0.15, 0.2) is 0 Å². The minimum absolute atomic E-state index is 0.0833. The minimum atomic E-state index is 0.0833. The number of rotatable bonds is 1. The molecule has 0 rings (SSSR count). The first-order valence-electron chi connectivity index (χ1n) is 3.20. The second-order valence-corrected chi connectivity index (χ2v) is 5.65. The van der Waals surface area contributed by atoms with E-state index in [1.807, 2.05) is 25.9 Å². The van der Waals surface area contributed by atoms with Crippen LogP contribution >= 0.6 is 36.7 Å². The van der Waals surface area contributed by atoms with Crippen LogP contribution in [0.5, 0.6) is 0 Å². The normalized spacial score (nSPS) is 5.94. The molecule has 0 heterocycles. The average molecular weight is 414 g/mol. The van der Waals surface area contributed by atoms with Gasteiger partial charge in [0.1, 0.15) is 0 Å². The fraction of sp³-hybridized carbons (Fsp3) is 0.167. The fourth-order valence-corrected chi connectivity index (χ4v) is 0. The summed E-state index contributed by atoms with van der Waals surface area (Å²) in [7, 11) is 0. The smallest absolute Gasteiger partial charge is 0.0708 e. The Morgan fingerprint density at radius 3 is 1.06 bits per heavy atom. The van der Waals surface area contributed by atoms with E-state index < -0.39 is 0 Å². The molecule has 16 heavy (non-hydrogen) atoms. The van der Waals surface area contributed by atoms with Gasteiger partial charge in [-0.2, -0.15) is 0 Å². The number of allylic oxidation sites excluding steroid dienone is 1. The van der Waals surface area contributed by atoms with Crippen molar-refractivity contribution in [2.45, 2.75) is 4.81 Å². The van der Waals surface area contributed by atoms with Crippen LogP contribution in [0.1, 0.15) is 0 Å². The molecular weight excluding hydrogens is 402 g/mol. The zero-order chi connectivity index (χ0) is 14.1. The number of nitrogens with two attached hydrogens (primary N) is 3. The molecular formula is C6H11MoN3S6. The Labute approximate surface area is 140 Å². The Morgan fingerprint density at radius 1 is 1.00 bits per heavy atom. The molecule has 0 fully saturated rings. The molecule has 0 aliphatic carbocycles. The van der Waals surface area contributed by atoms with Gasteiger partial charge in [0.05, 0.1) is 0 Å². The third-order valence-corrected chi connectivity index (χ3v) is 0.697. The first-order chi connectivity index (χ1) is 7.11. The van der Waals surface area contributed by atoms with E-state index in [-0.39, 0.29) is 13.0 Å². The van der Waals surface area contributed by atoms with Crippen molar-refractivity contribution in [2.75, 3.05) is 0 Å². The van der Waals surface area contributed by atoms with Gasteiger partial charge in [-0.05, 0) is 0 Å². The van der Waals surface area contributed by atoms with Gasteiger partial charge < -0.3 is 91.7 Å². The molecule has 0 radical (unpaired) electrons. The van der Waals surface area contributed by atoms with Crippen LogP contribution in [0.3, 0.4) is 0 Å². The molecule has 0 saturated carbocycles. The summed E-state index contributed by atoms with van der Waals surface area (Å²) in [6.07, 6.45) is 1.88. The van der Waals surface area contributed by atoms with Gasteiger partial charge in [0, 0.05) is 0 Å². The van der Waals surface area contributed by atoms with E-state index in [9.17, 15) is 0 Å². The van der Waals surface area contributed by atoms with Crippen LogP contribution in [-0.2, 0) is 57.7 Å². The van der Waals surface area contributed by atoms with E-state index in [0.717, 1.165) is 4.81 Å². The molecule has 0 aliphatic rings. The van der Waals surface area contributed by atoms with Crippen molar-refractivity contribution in [3.8, 4) is 0 Å². The van der Waals surface area contributed by atoms with Gasteiger partial charge in [-0.3, -0.25) is 0 Å². The third kappa shape index (κ3) is 904. The van der Waals surface area contributed by atoms with Crippen LogP contribution < -0.4 is 17.2 Å². The molecule has 0 bridgehead atoms. The Balaban J connectivity index is -0.0000000600. The third-order valence-electron chi connectivity index (χ3n) is 0.118. The minimum Gasteiger partial charge on any atom is -0.415 e. The zero-order valence-corrected chi connectivity index (χ0v) is 15.0. The van der Waals surface area contributed by atoms with E-state index in [2.05, 4.69) is 98.3 Å². The monoisotopic (exact) mass is 415 g/mol. The predicted molar refractivity (Wildman–Crippen MR) is 87.5 cm³/mol. The molecule has 0 aliphatic heterocycles. The standard InChI is InChI=1S/C3H5.3CH3NS2.Mo/c1-3-2;3*2-1(3)4;/h3H,1-2H2;3*(H3,2,3,4);/q;;;;+3/p-3. The molecule has 0 amide bonds. The van der Waals surface area contributed by atoms with Crippen molar-refractivity contribution in [1.82, 2.24) is 0 Å². The average Bonchev–Trinajstić information content (AvgIpc) is 2.00. The summed E-state index contributed by atoms with van der Waals surface area (Å²) in [6, 6.07) is 0. The number of thiocarbonyl (C=S) groups is 3. The van der Waals surface area contributed by atoms with Crippen molar-refractivity contribution in [1.29, 1.82) is 0 Å². The van der Waals surface area contributed by atoms with Crippen LogP contribution in [0.2, 0.25) is 4.81 Å². The molecule has 92 valence electrons. The molecule has 0 atom stereocenters. The predicted octanol–water partition coefficient (Wildman–Crippen LogP) is 0.468. The molecule has 10 heteroatoms. The van der Waals surface area contributed by atoms with Gasteiger partial charge in [0.2, 0.25) is 0 Å². The summed E-state index contributed by atoms with van der Waals surface area (Å²) < 4.78 is 0.250. The Kier molecular flexibility index (Phi) is 39.7. The van der Waals surface area contributed by atoms with E-state index >= 15 is 0 Å². The van der Waals surface area contributed by atoms with Gasteiger partial charge in [-0.25, -0.2) is 0 Å². The van der Waals surface area contributed by atoms with E-state index in [1.165, 1.54) is 0 Å². The summed E-state index contributed by atoms with van der Waals surface area (Å²) >= 11 is 26.8.